The monoisotopic (exact) mass is 417 g/mol. The highest BCUT2D eigenvalue weighted by Gasteiger charge is 2.48. The van der Waals surface area contributed by atoms with Crippen molar-refractivity contribution in [3.05, 3.63) is 82.8 Å². The Kier molecular flexibility index (Phi) is 4.32. The normalized spacial score (nSPS) is 19.3. The van der Waals surface area contributed by atoms with Crippen molar-refractivity contribution in [3.8, 4) is 11.5 Å². The van der Waals surface area contributed by atoms with Gasteiger partial charge in [-0.3, -0.25) is 14.5 Å². The van der Waals surface area contributed by atoms with E-state index in [0.29, 0.717) is 34.3 Å². The first-order chi connectivity index (χ1) is 14.9. The predicted octanol–water partition coefficient (Wildman–Crippen LogP) is 4.25. The zero-order valence-electron chi connectivity index (χ0n) is 16.9. The maximum atomic E-state index is 13.1. The quantitative estimate of drug-likeness (QED) is 0.389. The summed E-state index contributed by atoms with van der Waals surface area (Å²) < 4.78 is 16.6. The van der Waals surface area contributed by atoms with Gasteiger partial charge in [0.25, 0.3) is 11.7 Å². The molecule has 1 atom stereocenters. The molecule has 3 aromatic rings. The number of furan rings is 1. The highest BCUT2D eigenvalue weighted by Crippen LogP contribution is 2.45. The molecule has 1 unspecified atom stereocenters. The van der Waals surface area contributed by atoms with Gasteiger partial charge in [0.2, 0.25) is 6.79 Å². The molecule has 7 nitrogen and oxygen atoms in total. The van der Waals surface area contributed by atoms with Gasteiger partial charge in [-0.05, 0) is 38.1 Å². The Balaban J connectivity index is 1.69. The number of anilines is 1. The smallest absolute Gasteiger partial charge is 0.300 e. The minimum absolute atomic E-state index is 0.0270. The predicted molar refractivity (Wildman–Crippen MR) is 112 cm³/mol. The number of benzene rings is 2. The number of carbonyl (C=O) groups is 2. The van der Waals surface area contributed by atoms with Crippen LogP contribution in [-0.2, 0) is 9.59 Å². The lowest BCUT2D eigenvalue weighted by atomic mass is 9.98. The van der Waals surface area contributed by atoms with Gasteiger partial charge in [-0.2, -0.15) is 0 Å². The number of hydrogen-bond acceptors (Lipinski definition) is 6. The van der Waals surface area contributed by atoms with Crippen molar-refractivity contribution < 1.29 is 28.6 Å². The highest BCUT2D eigenvalue weighted by molar-refractivity contribution is 6.51. The van der Waals surface area contributed by atoms with Crippen LogP contribution in [0, 0.1) is 13.8 Å². The lowest BCUT2D eigenvalue weighted by Crippen LogP contribution is -2.29. The van der Waals surface area contributed by atoms with Crippen molar-refractivity contribution in [2.24, 2.45) is 0 Å². The van der Waals surface area contributed by atoms with Crippen LogP contribution in [0.5, 0.6) is 11.5 Å². The minimum atomic E-state index is -0.921. The van der Waals surface area contributed by atoms with E-state index >= 15 is 0 Å². The third kappa shape index (κ3) is 3.06. The summed E-state index contributed by atoms with van der Waals surface area (Å²) in [6.45, 7) is 3.79. The number of carbonyl (C=O) groups excluding carboxylic acids is 2. The summed E-state index contributed by atoms with van der Waals surface area (Å²) in [5, 5.41) is 11.1. The number of amides is 1. The molecular weight excluding hydrogens is 398 g/mol. The molecular formula is C24H19NO6. The zero-order chi connectivity index (χ0) is 21.7. The average molecular weight is 417 g/mol. The van der Waals surface area contributed by atoms with Gasteiger partial charge in [0.05, 0.1) is 5.57 Å². The molecule has 1 fully saturated rings. The van der Waals surface area contributed by atoms with Crippen molar-refractivity contribution in [2.75, 3.05) is 11.7 Å². The van der Waals surface area contributed by atoms with Crippen LogP contribution in [0.2, 0.25) is 0 Å². The number of nitrogens with zero attached hydrogens (tertiary/aromatic N) is 1. The van der Waals surface area contributed by atoms with Crippen LogP contribution in [-0.4, -0.2) is 23.6 Å². The van der Waals surface area contributed by atoms with Gasteiger partial charge in [-0.15, -0.1) is 0 Å². The van der Waals surface area contributed by atoms with Gasteiger partial charge in [-0.1, -0.05) is 29.8 Å². The first-order valence-electron chi connectivity index (χ1n) is 9.78. The molecule has 7 heteroatoms. The molecule has 0 saturated carbocycles. The Morgan fingerprint density at radius 2 is 1.71 bits per heavy atom. The third-order valence-corrected chi connectivity index (χ3v) is 5.43. The zero-order valence-corrected chi connectivity index (χ0v) is 16.9. The Labute approximate surface area is 178 Å². The summed E-state index contributed by atoms with van der Waals surface area (Å²) in [5.41, 5.74) is 1.87. The summed E-state index contributed by atoms with van der Waals surface area (Å²) in [6.07, 6.45) is 0. The van der Waals surface area contributed by atoms with Crippen LogP contribution in [0.25, 0.3) is 5.76 Å². The average Bonchev–Trinajstić information content (AvgIpc) is 3.46. The van der Waals surface area contributed by atoms with Crippen LogP contribution in [0.3, 0.4) is 0 Å². The maximum absolute atomic E-state index is 13.1. The second-order valence-electron chi connectivity index (χ2n) is 7.52. The topological polar surface area (TPSA) is 89.2 Å². The summed E-state index contributed by atoms with van der Waals surface area (Å²) in [5.74, 6) is 0.254. The summed E-state index contributed by atoms with van der Waals surface area (Å²) in [6, 6.07) is 14.6. The first kappa shape index (κ1) is 19.0. The molecule has 0 spiro atoms. The van der Waals surface area contributed by atoms with E-state index in [-0.39, 0.29) is 18.1 Å². The van der Waals surface area contributed by atoms with Crippen molar-refractivity contribution in [2.45, 2.75) is 19.9 Å². The second kappa shape index (κ2) is 7.05. The molecule has 1 saturated heterocycles. The van der Waals surface area contributed by atoms with Gasteiger partial charge < -0.3 is 19.0 Å². The van der Waals surface area contributed by atoms with E-state index in [0.717, 1.165) is 5.56 Å². The van der Waals surface area contributed by atoms with Crippen molar-refractivity contribution in [1.29, 1.82) is 0 Å². The number of fused-ring (bicyclic) bond motifs is 1. The van der Waals surface area contributed by atoms with Crippen molar-refractivity contribution >= 4 is 23.1 Å². The fourth-order valence-corrected chi connectivity index (χ4v) is 3.87. The molecule has 1 aromatic heterocycles. The summed E-state index contributed by atoms with van der Waals surface area (Å²) in [7, 11) is 0. The Morgan fingerprint density at radius 3 is 2.42 bits per heavy atom. The largest absolute Gasteiger partial charge is 0.507 e. The van der Waals surface area contributed by atoms with Gasteiger partial charge >= 0.3 is 0 Å². The number of aryl methyl sites for hydroxylation is 2. The second-order valence-corrected chi connectivity index (χ2v) is 7.52. The van der Waals surface area contributed by atoms with Crippen molar-refractivity contribution in [3.63, 3.8) is 0 Å². The molecule has 31 heavy (non-hydrogen) atoms. The van der Waals surface area contributed by atoms with E-state index < -0.39 is 17.7 Å². The molecule has 3 heterocycles. The van der Waals surface area contributed by atoms with Crippen LogP contribution < -0.4 is 14.4 Å². The SMILES string of the molecule is Cc1ccc(/C(O)=C2/C(=O)C(=O)N(c3ccc4c(c3)OCO4)C2c2ccc(C)o2)cc1. The van der Waals surface area contributed by atoms with E-state index in [9.17, 15) is 14.7 Å². The minimum Gasteiger partial charge on any atom is -0.507 e. The van der Waals surface area contributed by atoms with E-state index in [1.54, 1.807) is 49.4 Å². The number of aliphatic hydroxyl groups is 1. The molecule has 2 aromatic carbocycles. The number of hydrogen-bond donors (Lipinski definition) is 1. The molecule has 2 aliphatic rings. The van der Waals surface area contributed by atoms with Gasteiger partial charge in [-0.25, -0.2) is 0 Å². The number of rotatable bonds is 3. The molecule has 1 N–H and O–H groups in total. The van der Waals surface area contributed by atoms with E-state index in [1.807, 2.05) is 19.1 Å². The molecule has 156 valence electrons. The van der Waals surface area contributed by atoms with Crippen LogP contribution in [0.1, 0.15) is 28.7 Å². The molecule has 2 aliphatic heterocycles. The number of ketones is 1. The Bertz CT molecular complexity index is 1240. The fraction of sp³-hybridized carbons (Fsp3) is 0.167. The van der Waals surface area contributed by atoms with Gasteiger partial charge in [0, 0.05) is 17.3 Å². The lowest BCUT2D eigenvalue weighted by molar-refractivity contribution is -0.132. The van der Waals surface area contributed by atoms with Crippen LogP contribution >= 0.6 is 0 Å². The molecule has 0 radical (unpaired) electrons. The first-order valence-corrected chi connectivity index (χ1v) is 9.78. The molecule has 0 aliphatic carbocycles. The van der Waals surface area contributed by atoms with E-state index in [4.69, 9.17) is 13.9 Å². The number of ether oxygens (including phenoxy) is 2. The summed E-state index contributed by atoms with van der Waals surface area (Å²) in [4.78, 5) is 27.5. The maximum Gasteiger partial charge on any atom is 0.300 e. The van der Waals surface area contributed by atoms with E-state index in [1.165, 1.54) is 4.90 Å². The van der Waals surface area contributed by atoms with Gasteiger partial charge in [0.1, 0.15) is 23.3 Å². The van der Waals surface area contributed by atoms with Crippen molar-refractivity contribution in [1.82, 2.24) is 0 Å². The molecule has 5 rings (SSSR count). The standard InChI is InChI=1S/C24H19NO6/c1-13-3-6-15(7-4-13)22(26)20-21(18-9-5-14(2)31-18)25(24(28)23(20)27)16-8-10-17-19(11-16)30-12-29-17/h3-11,21,26H,12H2,1-2H3/b22-20-. The fourth-order valence-electron chi connectivity index (χ4n) is 3.87. The van der Waals surface area contributed by atoms with E-state index in [2.05, 4.69) is 0 Å². The number of Topliss-reactive ketones (excluding diaryl/α,β-unsaturated/α-hetero) is 1. The van der Waals surface area contributed by atoms with Crippen LogP contribution in [0.4, 0.5) is 5.69 Å². The van der Waals surface area contributed by atoms with Crippen LogP contribution in [0.15, 0.2) is 64.6 Å². The third-order valence-electron chi connectivity index (χ3n) is 5.43. The Morgan fingerprint density at radius 1 is 0.968 bits per heavy atom. The lowest BCUT2D eigenvalue weighted by Gasteiger charge is -2.23. The summed E-state index contributed by atoms with van der Waals surface area (Å²) >= 11 is 0. The highest BCUT2D eigenvalue weighted by atomic mass is 16.7. The Hall–Kier alpha value is -4.00. The molecule has 0 bridgehead atoms. The number of aliphatic hydroxyl groups excluding tert-OH is 1. The molecule has 1 amide bonds. The van der Waals surface area contributed by atoms with Gasteiger partial charge in [0.15, 0.2) is 11.5 Å².